The number of ketones is 1. The smallest absolute Gasteiger partial charge is 0.349 e. The van der Waals surface area contributed by atoms with Crippen molar-refractivity contribution < 1.29 is 14.3 Å². The first-order valence-electron chi connectivity index (χ1n) is 8.47. The maximum atomic E-state index is 12.2. The second kappa shape index (κ2) is 9.03. The van der Waals surface area contributed by atoms with Gasteiger partial charge in [-0.15, -0.1) is 11.3 Å². The molecule has 0 atom stereocenters. The van der Waals surface area contributed by atoms with Crippen molar-refractivity contribution in [2.75, 3.05) is 6.61 Å². The summed E-state index contributed by atoms with van der Waals surface area (Å²) in [5, 5.41) is 9.33. The first kappa shape index (κ1) is 20.9. The Morgan fingerprint density at radius 1 is 1.37 bits per heavy atom. The molecule has 0 radical (unpaired) electrons. The van der Waals surface area contributed by atoms with Crippen LogP contribution in [-0.2, 0) is 16.1 Å². The van der Waals surface area contributed by atoms with Gasteiger partial charge in [0.05, 0.1) is 9.21 Å². The highest BCUT2D eigenvalue weighted by Crippen LogP contribution is 2.22. The van der Waals surface area contributed by atoms with E-state index in [0.29, 0.717) is 15.1 Å². The van der Waals surface area contributed by atoms with Gasteiger partial charge in [-0.1, -0.05) is 25.4 Å². The molecule has 2 aromatic rings. The van der Waals surface area contributed by atoms with Crippen LogP contribution in [-0.4, -0.2) is 22.9 Å². The summed E-state index contributed by atoms with van der Waals surface area (Å²) < 4.78 is 7.65. The SMILES string of the molecule is Cc1cc(/C=C(\C#N)C(=O)OCC(=O)c2ccc(Cl)s2)c(C)n1CC(C)C. The van der Waals surface area contributed by atoms with E-state index < -0.39 is 12.6 Å². The lowest BCUT2D eigenvalue weighted by atomic mass is 10.1. The number of hydrogen-bond donors (Lipinski definition) is 0. The number of thiophene rings is 1. The van der Waals surface area contributed by atoms with Crippen LogP contribution < -0.4 is 0 Å². The number of ether oxygens (including phenoxy) is 1. The van der Waals surface area contributed by atoms with E-state index in [1.165, 1.54) is 6.08 Å². The first-order chi connectivity index (χ1) is 12.7. The van der Waals surface area contributed by atoms with Crippen molar-refractivity contribution in [1.82, 2.24) is 4.57 Å². The Morgan fingerprint density at radius 2 is 2.07 bits per heavy atom. The molecule has 2 heterocycles. The predicted octanol–water partition coefficient (Wildman–Crippen LogP) is 4.81. The molecule has 0 saturated carbocycles. The number of aryl methyl sites for hydroxylation is 1. The highest BCUT2D eigenvalue weighted by Gasteiger charge is 2.17. The van der Waals surface area contributed by atoms with Gasteiger partial charge in [0.1, 0.15) is 11.6 Å². The van der Waals surface area contributed by atoms with E-state index in [1.54, 1.807) is 12.1 Å². The molecule has 0 bridgehead atoms. The minimum absolute atomic E-state index is 0.142. The molecule has 142 valence electrons. The molecule has 0 aliphatic rings. The Bertz CT molecular complexity index is 932. The predicted molar refractivity (Wildman–Crippen MR) is 107 cm³/mol. The number of aromatic nitrogens is 1. The average molecular weight is 405 g/mol. The molecule has 0 aromatic carbocycles. The van der Waals surface area contributed by atoms with Crippen molar-refractivity contribution in [3.05, 3.63) is 49.9 Å². The Balaban J connectivity index is 2.13. The van der Waals surface area contributed by atoms with Crippen molar-refractivity contribution in [1.29, 1.82) is 5.26 Å². The van der Waals surface area contributed by atoms with E-state index in [9.17, 15) is 14.9 Å². The number of hydrogen-bond acceptors (Lipinski definition) is 5. The molecule has 27 heavy (non-hydrogen) atoms. The van der Waals surface area contributed by atoms with Crippen molar-refractivity contribution in [3.63, 3.8) is 0 Å². The summed E-state index contributed by atoms with van der Waals surface area (Å²) in [6, 6.07) is 6.98. The summed E-state index contributed by atoms with van der Waals surface area (Å²) in [5.41, 5.74) is 2.68. The number of halogens is 1. The monoisotopic (exact) mass is 404 g/mol. The fourth-order valence-corrected chi connectivity index (χ4v) is 3.62. The number of nitrogens with zero attached hydrogens (tertiary/aromatic N) is 2. The number of Topliss-reactive ketones (excluding diaryl/α,β-unsaturated/α-hetero) is 1. The molecule has 0 fully saturated rings. The molecule has 7 heteroatoms. The Hall–Kier alpha value is -2.36. The molecule has 5 nitrogen and oxygen atoms in total. The van der Waals surface area contributed by atoms with Crippen LogP contribution in [0.25, 0.3) is 6.08 Å². The van der Waals surface area contributed by atoms with Crippen molar-refractivity contribution in [2.45, 2.75) is 34.2 Å². The zero-order valence-electron chi connectivity index (χ0n) is 15.7. The fraction of sp³-hybridized carbons (Fsp3) is 0.350. The van der Waals surface area contributed by atoms with Crippen LogP contribution >= 0.6 is 22.9 Å². The average Bonchev–Trinajstić information content (AvgIpc) is 3.15. The molecule has 0 amide bonds. The normalized spacial score (nSPS) is 11.5. The molecule has 0 aliphatic heterocycles. The highest BCUT2D eigenvalue weighted by atomic mass is 35.5. The van der Waals surface area contributed by atoms with Crippen LogP contribution in [0.4, 0.5) is 0 Å². The summed E-state index contributed by atoms with van der Waals surface area (Å²) in [7, 11) is 0. The first-order valence-corrected chi connectivity index (χ1v) is 9.66. The van der Waals surface area contributed by atoms with Gasteiger partial charge < -0.3 is 9.30 Å². The summed E-state index contributed by atoms with van der Waals surface area (Å²) in [6.45, 7) is 8.62. The van der Waals surface area contributed by atoms with E-state index in [1.807, 2.05) is 26.0 Å². The van der Waals surface area contributed by atoms with Crippen LogP contribution in [0.1, 0.15) is 40.5 Å². The molecule has 0 aliphatic carbocycles. The minimum atomic E-state index is -0.817. The summed E-state index contributed by atoms with van der Waals surface area (Å²) in [6.07, 6.45) is 1.51. The van der Waals surface area contributed by atoms with Gasteiger partial charge in [0.2, 0.25) is 5.78 Å². The van der Waals surface area contributed by atoms with Gasteiger partial charge in [0, 0.05) is 17.9 Å². The zero-order chi connectivity index (χ0) is 20.1. The number of carbonyl (C=O) groups is 2. The third kappa shape index (κ3) is 5.31. The summed E-state index contributed by atoms with van der Waals surface area (Å²) in [5.74, 6) is -0.696. The lowest BCUT2D eigenvalue weighted by molar-refractivity contribution is -0.137. The number of carbonyl (C=O) groups excluding carboxylic acids is 2. The number of esters is 1. The van der Waals surface area contributed by atoms with Crippen LogP contribution in [0.15, 0.2) is 23.8 Å². The lowest BCUT2D eigenvalue weighted by Gasteiger charge is -2.12. The Morgan fingerprint density at radius 3 is 2.63 bits per heavy atom. The standard InChI is InChI=1S/C20H21ClN2O3S/c1-12(2)10-23-13(3)7-15(14(23)4)8-16(9-22)20(25)26-11-17(24)18-5-6-19(21)27-18/h5-8,12H,10-11H2,1-4H3/b16-8+. The minimum Gasteiger partial charge on any atom is -0.453 e. The summed E-state index contributed by atoms with van der Waals surface area (Å²) in [4.78, 5) is 24.6. The van der Waals surface area contributed by atoms with Gasteiger partial charge >= 0.3 is 5.97 Å². The van der Waals surface area contributed by atoms with Crippen LogP contribution in [0.2, 0.25) is 4.34 Å². The van der Waals surface area contributed by atoms with Crippen LogP contribution in [0.3, 0.4) is 0 Å². The maximum absolute atomic E-state index is 12.2. The summed E-state index contributed by atoms with van der Waals surface area (Å²) >= 11 is 6.91. The second-order valence-corrected chi connectivity index (χ2v) is 8.32. The Labute approximate surface area is 167 Å². The second-order valence-electron chi connectivity index (χ2n) is 6.60. The van der Waals surface area contributed by atoms with E-state index in [0.717, 1.165) is 34.8 Å². The molecule has 0 unspecified atom stereocenters. The zero-order valence-corrected chi connectivity index (χ0v) is 17.3. The largest absolute Gasteiger partial charge is 0.453 e. The third-order valence-corrected chi connectivity index (χ3v) is 5.26. The van der Waals surface area contributed by atoms with E-state index in [4.69, 9.17) is 16.3 Å². The topological polar surface area (TPSA) is 72.1 Å². The van der Waals surface area contributed by atoms with Crippen LogP contribution in [0, 0.1) is 31.1 Å². The van der Waals surface area contributed by atoms with Gasteiger partial charge in [0.15, 0.2) is 6.61 Å². The molecular formula is C20H21ClN2O3S. The maximum Gasteiger partial charge on any atom is 0.349 e. The Kier molecular flexibility index (Phi) is 7.00. The highest BCUT2D eigenvalue weighted by molar-refractivity contribution is 7.18. The van der Waals surface area contributed by atoms with E-state index >= 15 is 0 Å². The lowest BCUT2D eigenvalue weighted by Crippen LogP contribution is -2.14. The van der Waals surface area contributed by atoms with E-state index in [2.05, 4.69) is 18.4 Å². The van der Waals surface area contributed by atoms with E-state index in [-0.39, 0.29) is 11.4 Å². The van der Waals surface area contributed by atoms with Crippen molar-refractivity contribution in [3.8, 4) is 6.07 Å². The molecular weight excluding hydrogens is 384 g/mol. The van der Waals surface area contributed by atoms with Crippen molar-refractivity contribution in [2.24, 2.45) is 5.92 Å². The van der Waals surface area contributed by atoms with Gasteiger partial charge in [-0.2, -0.15) is 5.26 Å². The third-order valence-electron chi connectivity index (χ3n) is 3.98. The van der Waals surface area contributed by atoms with Crippen LogP contribution in [0.5, 0.6) is 0 Å². The number of nitriles is 1. The van der Waals surface area contributed by atoms with Crippen molar-refractivity contribution >= 4 is 40.8 Å². The van der Waals surface area contributed by atoms with Gasteiger partial charge in [-0.05, 0) is 49.6 Å². The quantitative estimate of drug-likeness (QED) is 0.287. The molecule has 0 N–H and O–H groups in total. The van der Waals surface area contributed by atoms with Gasteiger partial charge in [-0.25, -0.2) is 4.79 Å². The molecule has 0 saturated heterocycles. The van der Waals surface area contributed by atoms with Gasteiger partial charge in [0.25, 0.3) is 0 Å². The van der Waals surface area contributed by atoms with Gasteiger partial charge in [-0.3, -0.25) is 4.79 Å². The molecule has 2 aromatic heterocycles. The molecule has 2 rings (SSSR count). The molecule has 0 spiro atoms. The number of rotatable bonds is 7. The fourth-order valence-electron chi connectivity index (χ4n) is 2.66.